The predicted molar refractivity (Wildman–Crippen MR) is 74.9 cm³/mol. The minimum Gasteiger partial charge on any atom is -0.385 e. The highest BCUT2D eigenvalue weighted by atomic mass is 16.5. The highest BCUT2D eigenvalue weighted by Crippen LogP contribution is 2.17. The van der Waals surface area contributed by atoms with Gasteiger partial charge in [-0.05, 0) is 29.7 Å². The molecule has 4 heteroatoms. The predicted octanol–water partition coefficient (Wildman–Crippen LogP) is 2.73. The first-order valence-electron chi connectivity index (χ1n) is 6.03. The van der Waals surface area contributed by atoms with Gasteiger partial charge in [0.15, 0.2) is 0 Å². The number of benzene rings is 1. The van der Waals surface area contributed by atoms with Crippen LogP contribution in [-0.4, -0.2) is 26.2 Å². The normalized spacial score (nSPS) is 11.1. The van der Waals surface area contributed by atoms with E-state index in [9.17, 15) is 4.79 Å². The van der Waals surface area contributed by atoms with Gasteiger partial charge in [-0.3, -0.25) is 4.79 Å². The van der Waals surface area contributed by atoms with Crippen LogP contribution >= 0.6 is 0 Å². The maximum atomic E-state index is 11.3. The molecular weight excluding hydrogens is 228 g/mol. The van der Waals surface area contributed by atoms with Gasteiger partial charge in [-0.15, -0.1) is 0 Å². The van der Waals surface area contributed by atoms with Crippen LogP contribution in [0.1, 0.15) is 20.8 Å². The lowest BCUT2D eigenvalue weighted by Crippen LogP contribution is -2.19. The number of carbonyl (C=O) groups is 1. The molecule has 2 N–H and O–H groups in total. The SMILES string of the molecule is COCC(=O)Nc1ccc(NCC(C)(C)C)cc1. The van der Waals surface area contributed by atoms with Gasteiger partial charge in [-0.25, -0.2) is 0 Å². The average Bonchev–Trinajstić information content (AvgIpc) is 2.27. The van der Waals surface area contributed by atoms with Gasteiger partial charge in [0, 0.05) is 25.0 Å². The second-order valence-electron chi connectivity index (χ2n) is 5.47. The standard InChI is InChI=1S/C14H22N2O2/c1-14(2,3)10-15-11-5-7-12(8-6-11)16-13(17)9-18-4/h5-8,15H,9-10H2,1-4H3,(H,16,17). The van der Waals surface area contributed by atoms with Gasteiger partial charge < -0.3 is 15.4 Å². The molecule has 0 unspecified atom stereocenters. The van der Waals surface area contributed by atoms with Crippen LogP contribution in [0.5, 0.6) is 0 Å². The Morgan fingerprint density at radius 3 is 2.22 bits per heavy atom. The maximum Gasteiger partial charge on any atom is 0.250 e. The molecule has 0 saturated heterocycles. The zero-order valence-corrected chi connectivity index (χ0v) is 11.5. The first kappa shape index (κ1) is 14.5. The Bertz CT molecular complexity index is 380. The molecule has 4 nitrogen and oxygen atoms in total. The van der Waals surface area contributed by atoms with E-state index in [-0.39, 0.29) is 17.9 Å². The molecule has 18 heavy (non-hydrogen) atoms. The van der Waals surface area contributed by atoms with Gasteiger partial charge in [-0.1, -0.05) is 20.8 Å². The van der Waals surface area contributed by atoms with Crippen molar-refractivity contribution in [2.75, 3.05) is 30.9 Å². The number of methoxy groups -OCH3 is 1. The van der Waals surface area contributed by atoms with Crippen molar-refractivity contribution in [2.45, 2.75) is 20.8 Å². The van der Waals surface area contributed by atoms with Crippen molar-refractivity contribution < 1.29 is 9.53 Å². The highest BCUT2D eigenvalue weighted by Gasteiger charge is 2.09. The van der Waals surface area contributed by atoms with Crippen molar-refractivity contribution in [3.8, 4) is 0 Å². The van der Waals surface area contributed by atoms with E-state index in [0.717, 1.165) is 17.9 Å². The number of rotatable bonds is 5. The minimum atomic E-state index is -0.145. The third-order valence-corrected chi connectivity index (χ3v) is 2.27. The van der Waals surface area contributed by atoms with Crippen LogP contribution in [0.4, 0.5) is 11.4 Å². The smallest absolute Gasteiger partial charge is 0.250 e. The van der Waals surface area contributed by atoms with Gasteiger partial charge in [0.25, 0.3) is 0 Å². The van der Waals surface area contributed by atoms with Crippen molar-refractivity contribution in [1.82, 2.24) is 0 Å². The van der Waals surface area contributed by atoms with Gasteiger partial charge in [0.1, 0.15) is 6.61 Å². The van der Waals surface area contributed by atoms with E-state index in [0.29, 0.717) is 0 Å². The lowest BCUT2D eigenvalue weighted by Gasteiger charge is -2.19. The molecule has 0 heterocycles. The van der Waals surface area contributed by atoms with E-state index in [1.165, 1.54) is 7.11 Å². The molecule has 0 aromatic heterocycles. The number of hydrogen-bond acceptors (Lipinski definition) is 3. The summed E-state index contributed by atoms with van der Waals surface area (Å²) in [6.07, 6.45) is 0. The third-order valence-electron chi connectivity index (χ3n) is 2.27. The van der Waals surface area contributed by atoms with E-state index in [1.54, 1.807) is 0 Å². The zero-order chi connectivity index (χ0) is 13.6. The molecule has 100 valence electrons. The summed E-state index contributed by atoms with van der Waals surface area (Å²) in [4.78, 5) is 11.3. The van der Waals surface area contributed by atoms with Crippen LogP contribution in [0, 0.1) is 5.41 Å². The molecule has 0 aliphatic rings. The molecule has 0 aliphatic heterocycles. The zero-order valence-electron chi connectivity index (χ0n) is 11.5. The fourth-order valence-corrected chi connectivity index (χ4v) is 1.37. The summed E-state index contributed by atoms with van der Waals surface area (Å²) in [7, 11) is 1.50. The van der Waals surface area contributed by atoms with Crippen LogP contribution in [0.2, 0.25) is 0 Å². The molecule has 1 aromatic rings. The first-order chi connectivity index (χ1) is 8.40. The molecule has 0 aliphatic carbocycles. The van der Waals surface area contributed by atoms with Gasteiger partial charge in [0.05, 0.1) is 0 Å². The average molecular weight is 250 g/mol. The Kier molecular flexibility index (Phi) is 5.16. The monoisotopic (exact) mass is 250 g/mol. The molecule has 0 spiro atoms. The molecule has 1 aromatic carbocycles. The minimum absolute atomic E-state index is 0.0734. The fraction of sp³-hybridized carbons (Fsp3) is 0.500. The Labute approximate surface area is 109 Å². The topological polar surface area (TPSA) is 50.4 Å². The number of nitrogens with one attached hydrogen (secondary N) is 2. The highest BCUT2D eigenvalue weighted by molar-refractivity contribution is 5.91. The van der Waals surface area contributed by atoms with E-state index >= 15 is 0 Å². The van der Waals surface area contributed by atoms with Crippen molar-refractivity contribution in [1.29, 1.82) is 0 Å². The molecule has 0 atom stereocenters. The van der Waals surface area contributed by atoms with Crippen molar-refractivity contribution >= 4 is 17.3 Å². The Morgan fingerprint density at radius 1 is 1.17 bits per heavy atom. The maximum absolute atomic E-state index is 11.3. The van der Waals surface area contributed by atoms with Gasteiger partial charge >= 0.3 is 0 Å². The van der Waals surface area contributed by atoms with E-state index in [2.05, 4.69) is 31.4 Å². The van der Waals surface area contributed by atoms with E-state index < -0.39 is 0 Å². The number of amides is 1. The number of ether oxygens (including phenoxy) is 1. The lowest BCUT2D eigenvalue weighted by molar-refractivity contribution is -0.119. The molecule has 0 bridgehead atoms. The number of anilines is 2. The van der Waals surface area contributed by atoms with Crippen molar-refractivity contribution in [2.24, 2.45) is 5.41 Å². The summed E-state index contributed by atoms with van der Waals surface area (Å²) in [5.41, 5.74) is 2.07. The Morgan fingerprint density at radius 2 is 1.72 bits per heavy atom. The fourth-order valence-electron chi connectivity index (χ4n) is 1.37. The quantitative estimate of drug-likeness (QED) is 0.844. The summed E-state index contributed by atoms with van der Waals surface area (Å²) in [6.45, 7) is 7.52. The summed E-state index contributed by atoms with van der Waals surface area (Å²) in [5, 5.41) is 6.10. The lowest BCUT2D eigenvalue weighted by atomic mass is 9.97. The van der Waals surface area contributed by atoms with Crippen LogP contribution < -0.4 is 10.6 Å². The molecule has 0 fully saturated rings. The summed E-state index contributed by atoms with van der Waals surface area (Å²) >= 11 is 0. The van der Waals surface area contributed by atoms with Gasteiger partial charge in [-0.2, -0.15) is 0 Å². The second-order valence-corrected chi connectivity index (χ2v) is 5.47. The van der Waals surface area contributed by atoms with Crippen LogP contribution in [-0.2, 0) is 9.53 Å². The second kappa shape index (κ2) is 6.40. The molecule has 1 amide bonds. The molecule has 1 rings (SSSR count). The Hall–Kier alpha value is -1.55. The van der Waals surface area contributed by atoms with Crippen molar-refractivity contribution in [3.05, 3.63) is 24.3 Å². The molecule has 0 radical (unpaired) electrons. The van der Waals surface area contributed by atoms with E-state index in [4.69, 9.17) is 4.74 Å². The molecule has 0 saturated carbocycles. The summed E-state index contributed by atoms with van der Waals surface area (Å²) in [5.74, 6) is -0.145. The summed E-state index contributed by atoms with van der Waals surface area (Å²) < 4.78 is 4.75. The van der Waals surface area contributed by atoms with Crippen LogP contribution in [0.25, 0.3) is 0 Å². The first-order valence-corrected chi connectivity index (χ1v) is 6.03. The third kappa shape index (κ3) is 5.68. The van der Waals surface area contributed by atoms with Crippen molar-refractivity contribution in [3.63, 3.8) is 0 Å². The Balaban J connectivity index is 2.50. The number of carbonyl (C=O) groups excluding carboxylic acids is 1. The van der Waals surface area contributed by atoms with Crippen LogP contribution in [0.3, 0.4) is 0 Å². The van der Waals surface area contributed by atoms with E-state index in [1.807, 2.05) is 24.3 Å². The molecular formula is C14H22N2O2. The number of hydrogen-bond donors (Lipinski definition) is 2. The largest absolute Gasteiger partial charge is 0.385 e. The van der Waals surface area contributed by atoms with Crippen LogP contribution in [0.15, 0.2) is 24.3 Å². The van der Waals surface area contributed by atoms with Gasteiger partial charge in [0.2, 0.25) is 5.91 Å². The summed E-state index contributed by atoms with van der Waals surface area (Å²) in [6, 6.07) is 7.65.